The van der Waals surface area contributed by atoms with Crippen LogP contribution in [0.1, 0.15) is 10.4 Å². The van der Waals surface area contributed by atoms with Crippen LogP contribution in [0.2, 0.25) is 0 Å². The Morgan fingerprint density at radius 1 is 1.30 bits per heavy atom. The number of nitrogens with one attached hydrogen (secondary N) is 1. The maximum atomic E-state index is 11.0. The lowest BCUT2D eigenvalue weighted by atomic mass is 9.79. The van der Waals surface area contributed by atoms with E-state index in [0.717, 1.165) is 0 Å². The minimum atomic E-state index is -1.61. The van der Waals surface area contributed by atoms with Crippen LogP contribution in [0.15, 0.2) is 36.5 Å². The fourth-order valence-electron chi connectivity index (χ4n) is 1.60. The van der Waals surface area contributed by atoms with Crippen molar-refractivity contribution in [2.45, 2.75) is 0 Å². The van der Waals surface area contributed by atoms with E-state index in [9.17, 15) is 4.79 Å². The third-order valence-corrected chi connectivity index (χ3v) is 2.59. The Balaban J connectivity index is 0.00000200. The minimum absolute atomic E-state index is 0. The monoisotopic (exact) mass is 293 g/mol. The van der Waals surface area contributed by atoms with Crippen LogP contribution in [0.4, 0.5) is 17.2 Å². The Morgan fingerprint density at radius 3 is 2.65 bits per heavy atom. The topological polar surface area (TPSA) is 108 Å². The van der Waals surface area contributed by atoms with Crippen molar-refractivity contribution in [1.29, 1.82) is 0 Å². The Kier molecular flexibility index (Phi) is 5.51. The van der Waals surface area contributed by atoms with Crippen molar-refractivity contribution in [2.75, 3.05) is 11.1 Å². The first-order valence-electron chi connectivity index (χ1n) is 5.54. The van der Waals surface area contributed by atoms with Crippen molar-refractivity contribution < 1.29 is 14.8 Å². The van der Waals surface area contributed by atoms with Crippen molar-refractivity contribution in [2.24, 2.45) is 0 Å². The zero-order valence-corrected chi connectivity index (χ0v) is 11.2. The van der Waals surface area contributed by atoms with Gasteiger partial charge in [0.05, 0.1) is 5.69 Å². The molecule has 20 heavy (non-hydrogen) atoms. The molecule has 6 nitrogen and oxygen atoms in total. The van der Waals surface area contributed by atoms with Gasteiger partial charge in [0.25, 0.3) is 0 Å². The molecule has 1 aromatic heterocycles. The number of nitrogens with zero attached hydrogens (tertiary/aromatic N) is 1. The molecule has 1 heterocycles. The molecule has 1 aromatic carbocycles. The molecule has 0 saturated carbocycles. The lowest BCUT2D eigenvalue weighted by Crippen LogP contribution is -2.30. The molecular weight excluding hydrogens is 280 g/mol. The van der Waals surface area contributed by atoms with Crippen LogP contribution in [-0.4, -0.2) is 28.4 Å². The van der Waals surface area contributed by atoms with Crippen molar-refractivity contribution in [3.63, 3.8) is 0 Å². The molecule has 0 fully saturated rings. The van der Waals surface area contributed by atoms with E-state index in [1.165, 1.54) is 18.2 Å². The van der Waals surface area contributed by atoms with Gasteiger partial charge in [-0.3, -0.25) is 4.79 Å². The maximum Gasteiger partial charge on any atom is 0.488 e. The molecule has 0 saturated heterocycles. The fourth-order valence-corrected chi connectivity index (χ4v) is 1.60. The van der Waals surface area contributed by atoms with Gasteiger partial charge >= 0.3 is 7.12 Å². The number of halogens is 1. The number of carbonyl (C=O) groups excluding carboxylic acids is 1. The predicted molar refractivity (Wildman–Crippen MR) is 80.8 cm³/mol. The summed E-state index contributed by atoms with van der Waals surface area (Å²) in [5.74, 6) is 0.398. The molecule has 8 heteroatoms. The number of pyridine rings is 1. The minimum Gasteiger partial charge on any atom is -0.423 e. The van der Waals surface area contributed by atoms with Crippen LogP contribution in [-0.2, 0) is 0 Å². The number of nitrogen functional groups attached to an aromatic ring is 1. The zero-order valence-electron chi connectivity index (χ0n) is 10.4. The lowest BCUT2D eigenvalue weighted by molar-refractivity contribution is 0.112. The summed E-state index contributed by atoms with van der Waals surface area (Å²) in [4.78, 5) is 15.0. The lowest BCUT2D eigenvalue weighted by Gasteiger charge is -2.11. The van der Waals surface area contributed by atoms with Gasteiger partial charge in [-0.2, -0.15) is 0 Å². The SMILES string of the molecule is Cl.Nc1cccnc1Nc1cc(B(O)O)ccc1C=O. The molecule has 0 spiro atoms. The first-order chi connectivity index (χ1) is 9.11. The summed E-state index contributed by atoms with van der Waals surface area (Å²) in [7, 11) is -1.61. The number of carbonyl (C=O) groups is 1. The Hall–Kier alpha value is -2.09. The van der Waals surface area contributed by atoms with E-state index in [1.807, 2.05) is 0 Å². The number of anilines is 3. The quantitative estimate of drug-likeness (QED) is 0.477. The molecule has 0 amide bonds. The van der Waals surface area contributed by atoms with Crippen molar-refractivity contribution in [3.05, 3.63) is 42.1 Å². The third kappa shape index (κ3) is 3.48. The van der Waals surface area contributed by atoms with Gasteiger partial charge in [-0.15, -0.1) is 12.4 Å². The van der Waals surface area contributed by atoms with Crippen LogP contribution in [0.3, 0.4) is 0 Å². The van der Waals surface area contributed by atoms with E-state index in [-0.39, 0.29) is 17.9 Å². The highest BCUT2D eigenvalue weighted by Gasteiger charge is 2.14. The summed E-state index contributed by atoms with van der Waals surface area (Å²) in [6, 6.07) is 7.77. The molecule has 0 unspecified atom stereocenters. The highest BCUT2D eigenvalue weighted by Crippen LogP contribution is 2.21. The summed E-state index contributed by atoms with van der Waals surface area (Å²) in [6.45, 7) is 0. The summed E-state index contributed by atoms with van der Waals surface area (Å²) in [6.07, 6.45) is 2.22. The maximum absolute atomic E-state index is 11.0. The largest absolute Gasteiger partial charge is 0.488 e. The number of hydrogen-bond donors (Lipinski definition) is 4. The summed E-state index contributed by atoms with van der Waals surface area (Å²) >= 11 is 0. The average Bonchev–Trinajstić information content (AvgIpc) is 2.41. The van der Waals surface area contributed by atoms with Gasteiger partial charge < -0.3 is 21.1 Å². The van der Waals surface area contributed by atoms with Crippen molar-refractivity contribution in [3.8, 4) is 0 Å². The summed E-state index contributed by atoms with van der Waals surface area (Å²) in [5, 5.41) is 21.2. The van der Waals surface area contributed by atoms with Crippen molar-refractivity contribution >= 4 is 48.5 Å². The Bertz CT molecular complexity index is 610. The normalized spacial score (nSPS) is 9.50. The molecule has 104 valence electrons. The second-order valence-corrected chi connectivity index (χ2v) is 3.90. The summed E-state index contributed by atoms with van der Waals surface area (Å²) < 4.78 is 0. The number of aromatic nitrogens is 1. The molecule has 2 aromatic rings. The fraction of sp³-hybridized carbons (Fsp3) is 0. The van der Waals surface area contributed by atoms with Gasteiger partial charge in [-0.05, 0) is 29.7 Å². The van der Waals surface area contributed by atoms with Crippen LogP contribution in [0.25, 0.3) is 0 Å². The second-order valence-electron chi connectivity index (χ2n) is 3.90. The van der Waals surface area contributed by atoms with Crippen LogP contribution in [0, 0.1) is 0 Å². The van der Waals surface area contributed by atoms with Gasteiger partial charge in [0.1, 0.15) is 0 Å². The first-order valence-corrected chi connectivity index (χ1v) is 5.54. The van der Waals surface area contributed by atoms with E-state index in [2.05, 4.69) is 10.3 Å². The second kappa shape index (κ2) is 6.90. The van der Waals surface area contributed by atoms with Crippen LogP contribution < -0.4 is 16.5 Å². The van der Waals surface area contributed by atoms with Gasteiger partial charge in [-0.25, -0.2) is 4.98 Å². The molecule has 0 aliphatic rings. The molecule has 5 N–H and O–H groups in total. The number of hydrogen-bond acceptors (Lipinski definition) is 6. The van der Waals surface area contributed by atoms with E-state index in [1.54, 1.807) is 18.3 Å². The van der Waals surface area contributed by atoms with E-state index in [4.69, 9.17) is 15.8 Å². The summed E-state index contributed by atoms with van der Waals surface area (Å²) in [5.41, 5.74) is 7.22. The number of benzene rings is 1. The van der Waals surface area contributed by atoms with Crippen LogP contribution in [0.5, 0.6) is 0 Å². The number of nitrogens with two attached hydrogens (primary N) is 1. The zero-order chi connectivity index (χ0) is 13.8. The van der Waals surface area contributed by atoms with Gasteiger partial charge in [0.2, 0.25) is 0 Å². The molecule has 0 aliphatic heterocycles. The van der Waals surface area contributed by atoms with E-state index >= 15 is 0 Å². The number of aldehydes is 1. The molecule has 0 aliphatic carbocycles. The molecule has 0 radical (unpaired) electrons. The highest BCUT2D eigenvalue weighted by atomic mass is 35.5. The third-order valence-electron chi connectivity index (χ3n) is 2.59. The van der Waals surface area contributed by atoms with E-state index < -0.39 is 7.12 Å². The van der Waals surface area contributed by atoms with Gasteiger partial charge in [-0.1, -0.05) is 6.07 Å². The molecule has 0 bridgehead atoms. The van der Waals surface area contributed by atoms with Gasteiger partial charge in [0.15, 0.2) is 12.1 Å². The van der Waals surface area contributed by atoms with Gasteiger partial charge in [0, 0.05) is 17.4 Å². The molecule has 2 rings (SSSR count). The number of rotatable bonds is 4. The van der Waals surface area contributed by atoms with Crippen LogP contribution >= 0.6 is 12.4 Å². The highest BCUT2D eigenvalue weighted by molar-refractivity contribution is 6.58. The average molecular weight is 294 g/mol. The standard InChI is InChI=1S/C12H12BN3O3.ClH/c14-10-2-1-5-15-12(10)16-11-6-9(13(18)19)4-3-8(11)7-17;/h1-7,18-19H,14H2,(H,15,16);1H. The Labute approximate surface area is 122 Å². The molecular formula is C12H13BClN3O3. The van der Waals surface area contributed by atoms with E-state index in [0.29, 0.717) is 29.0 Å². The Morgan fingerprint density at radius 2 is 2.05 bits per heavy atom. The van der Waals surface area contributed by atoms with Crippen molar-refractivity contribution in [1.82, 2.24) is 4.98 Å². The predicted octanol–water partition coefficient (Wildman–Crippen LogP) is 0.322. The first kappa shape index (κ1) is 16.0. The smallest absolute Gasteiger partial charge is 0.423 e. The molecule has 0 atom stereocenters.